The van der Waals surface area contributed by atoms with Crippen LogP contribution in [0.3, 0.4) is 0 Å². The van der Waals surface area contributed by atoms with Crippen LogP contribution in [0, 0.1) is 35.5 Å². The Morgan fingerprint density at radius 3 is 1.63 bits per heavy atom. The molecule has 4 amide bonds. The first-order chi connectivity index (χ1) is 50.0. The van der Waals surface area contributed by atoms with Gasteiger partial charge in [-0.15, -0.1) is 19.0 Å². The molecule has 27 nitrogen and oxygen atoms in total. The highest BCUT2D eigenvalue weighted by molar-refractivity contribution is 6.64. The summed E-state index contributed by atoms with van der Waals surface area (Å²) in [4.78, 5) is 101. The van der Waals surface area contributed by atoms with E-state index in [-0.39, 0.29) is 125 Å². The van der Waals surface area contributed by atoms with Crippen molar-refractivity contribution in [2.75, 3.05) is 87.1 Å². The number of aliphatic hydroxyl groups is 2. The fraction of sp³-hybridized carbons (Fsp3) is 0.564. The van der Waals surface area contributed by atoms with Gasteiger partial charge in [-0.05, 0) is 127 Å². The average molecular weight is 1580 g/mol. The number of aliphatic carboxylic acids is 1. The van der Waals surface area contributed by atoms with E-state index < -0.39 is 96.3 Å². The number of carboxylic acids is 1. The number of fused-ring (bicyclic) bond motifs is 4. The molecule has 0 saturated carbocycles. The third kappa shape index (κ3) is 33.0. The van der Waals surface area contributed by atoms with E-state index in [1.807, 2.05) is 33.8 Å². The molecular formula is C78H119Cl3N8O19. The Balaban J connectivity index is 0.000000841. The summed E-state index contributed by atoms with van der Waals surface area (Å²) in [7, 11) is 10.2. The number of hydrogen-bond acceptors (Lipinski definition) is 21. The smallest absolute Gasteiger partial charge is 0.405 e. The maximum Gasteiger partial charge on any atom is 0.405 e. The highest BCUT2D eigenvalue weighted by Gasteiger charge is 2.35. The SMILES string of the molecule is C=CCNC1=C2C[C@@H](C)C[C@H](OC)[C@H](O)[C@@H](C)/C=C(\C)[C@H](OC(N)=O)C[C@@H](OC)/C=C\C=C(/C)C(=O)NC(=CC1=O)C2=O.C=CC[NH2+]c1c(O)cc2c(O)c1C[C@@H](C)C[C@H](OC)[C@H](O)[C@@H](C)/C=C(\C)[C@H](OC(N)=O)C[C@@H](OC)/C=C\C=C(/C)C(=O)N2.CN1CCC(C(=O)Cl)CC1.C[NH+]1CCC(C(=O)[O-])CC1.Cl.[Cl-]. The molecule has 6 rings (SSSR count). The van der Waals surface area contributed by atoms with Crippen molar-refractivity contribution < 1.29 is 115 Å². The van der Waals surface area contributed by atoms with Gasteiger partial charge < -0.3 is 114 Å². The molecule has 108 heavy (non-hydrogen) atoms. The van der Waals surface area contributed by atoms with Gasteiger partial charge in [0.15, 0.2) is 11.4 Å². The van der Waals surface area contributed by atoms with E-state index in [0.717, 1.165) is 57.9 Å². The number of benzene rings is 1. The van der Waals surface area contributed by atoms with E-state index in [9.17, 15) is 63.9 Å². The van der Waals surface area contributed by atoms with Gasteiger partial charge in [0.25, 0.3) is 11.8 Å². The van der Waals surface area contributed by atoms with Crippen LogP contribution >= 0.6 is 24.0 Å². The molecule has 30 heteroatoms. The fourth-order valence-electron chi connectivity index (χ4n) is 12.8. The van der Waals surface area contributed by atoms with Gasteiger partial charge in [0, 0.05) is 119 Å². The third-order valence-electron chi connectivity index (χ3n) is 19.3. The lowest BCUT2D eigenvalue weighted by Gasteiger charge is -2.29. The number of carboxylic acid groups (broad SMARTS) is 1. The van der Waals surface area contributed by atoms with Crippen LogP contribution in [-0.4, -0.2) is 203 Å². The zero-order valence-electron chi connectivity index (χ0n) is 65.0. The van der Waals surface area contributed by atoms with Crippen LogP contribution in [0.5, 0.6) is 11.5 Å². The highest BCUT2D eigenvalue weighted by atomic mass is 35.5. The summed E-state index contributed by atoms with van der Waals surface area (Å²) < 4.78 is 33.2. The van der Waals surface area contributed by atoms with Crippen LogP contribution in [0.4, 0.5) is 21.0 Å². The number of primary amides is 2. The Hall–Kier alpha value is -7.51. The second kappa shape index (κ2) is 50.3. The van der Waals surface area contributed by atoms with Crippen molar-refractivity contribution in [1.29, 1.82) is 0 Å². The summed E-state index contributed by atoms with van der Waals surface area (Å²) >= 11 is 5.35. The Labute approximate surface area is 654 Å². The summed E-state index contributed by atoms with van der Waals surface area (Å²) in [6.07, 6.45) is 15.6. The highest BCUT2D eigenvalue weighted by Crippen LogP contribution is 2.41. The molecule has 0 unspecified atom stereocenters. The van der Waals surface area contributed by atoms with E-state index in [0.29, 0.717) is 53.8 Å². The number of allylic oxidation sites excluding steroid dienone is 6. The second-order valence-corrected chi connectivity index (χ2v) is 28.4. The Morgan fingerprint density at radius 1 is 0.731 bits per heavy atom. The summed E-state index contributed by atoms with van der Waals surface area (Å²) in [6, 6.07) is 1.32. The minimum Gasteiger partial charge on any atom is -1.00 e. The molecule has 0 radical (unpaired) electrons. The van der Waals surface area contributed by atoms with Crippen molar-refractivity contribution >= 4 is 82.2 Å². The van der Waals surface area contributed by atoms with E-state index in [1.54, 1.807) is 87.7 Å². The number of carbonyl (C=O) groups excluding carboxylic acids is 8. The number of aromatic hydroxyl groups is 2. The van der Waals surface area contributed by atoms with Crippen molar-refractivity contribution in [3.05, 3.63) is 131 Å². The van der Waals surface area contributed by atoms with Crippen LogP contribution in [0.25, 0.3) is 0 Å². The van der Waals surface area contributed by atoms with E-state index in [4.69, 9.17) is 51.5 Å². The molecule has 0 spiro atoms. The minimum atomic E-state index is -0.945. The number of nitrogens with one attached hydrogen (secondary N) is 4. The van der Waals surface area contributed by atoms with Crippen molar-refractivity contribution in [2.24, 2.45) is 47.0 Å². The van der Waals surface area contributed by atoms with Gasteiger partial charge in [-0.1, -0.05) is 89.0 Å². The van der Waals surface area contributed by atoms with Crippen molar-refractivity contribution in [3.8, 4) is 11.5 Å². The molecule has 12 atom stereocenters. The van der Waals surface area contributed by atoms with Gasteiger partial charge in [-0.25, -0.2) is 9.59 Å². The van der Waals surface area contributed by atoms with Gasteiger partial charge in [0.1, 0.15) is 18.0 Å². The molecule has 4 bridgehead atoms. The largest absolute Gasteiger partial charge is 1.00 e. The van der Waals surface area contributed by atoms with Gasteiger partial charge in [-0.2, -0.15) is 0 Å². The Bertz CT molecular complexity index is 3400. The number of amides is 4. The number of phenolic OH excluding ortho intramolecular Hbond substituents is 2. The number of methoxy groups -OCH3 is 4. The van der Waals surface area contributed by atoms with Crippen LogP contribution < -0.4 is 55.1 Å². The summed E-state index contributed by atoms with van der Waals surface area (Å²) in [5, 5.41) is 64.9. The second-order valence-electron chi connectivity index (χ2n) is 28.0. The monoisotopic (exact) mass is 1580 g/mol. The number of nitrogens with zero attached hydrogens (tertiary/aromatic N) is 1. The molecule has 2 fully saturated rings. The number of piperidine rings is 2. The number of hydrogen-bond donors (Lipinski definition) is 11. The lowest BCUT2D eigenvalue weighted by molar-refractivity contribution is -0.885. The van der Waals surface area contributed by atoms with E-state index in [2.05, 4.69) is 48.1 Å². The number of ketones is 2. The zero-order chi connectivity index (χ0) is 79.7. The molecule has 4 aliphatic heterocycles. The lowest BCUT2D eigenvalue weighted by Crippen LogP contribution is -3.10. The molecule has 14 N–H and O–H groups in total. The third-order valence-corrected chi connectivity index (χ3v) is 19.7. The summed E-state index contributed by atoms with van der Waals surface area (Å²) in [5.41, 5.74) is 13.9. The number of Topliss-reactive ketones (excluding diaryl/α,β-unsaturated/α-hetero) is 1. The molecular weight excluding hydrogens is 1460 g/mol. The predicted molar refractivity (Wildman–Crippen MR) is 410 cm³/mol. The molecule has 2 saturated heterocycles. The first-order valence-electron chi connectivity index (χ1n) is 35.9. The molecule has 1 aromatic rings. The molecule has 4 heterocycles. The molecule has 606 valence electrons. The first-order valence-corrected chi connectivity index (χ1v) is 36.3. The Kier molecular flexibility index (Phi) is 45.9. The summed E-state index contributed by atoms with van der Waals surface area (Å²) in [6.45, 7) is 26.3. The van der Waals surface area contributed by atoms with Crippen LogP contribution in [0.2, 0.25) is 0 Å². The number of carbonyl (C=O) groups is 8. The van der Waals surface area contributed by atoms with Crippen LogP contribution in [0.1, 0.15) is 119 Å². The van der Waals surface area contributed by atoms with Crippen molar-refractivity contribution in [2.45, 2.75) is 168 Å². The first kappa shape index (κ1) is 98.5. The number of likely N-dealkylation sites (tertiary alicyclic amines) is 2. The zero-order valence-corrected chi connectivity index (χ0v) is 67.3. The molecule has 1 aromatic carbocycles. The average Bonchev–Trinajstić information content (AvgIpc) is 0.801. The molecule has 5 aliphatic rings. The van der Waals surface area contributed by atoms with E-state index >= 15 is 0 Å². The van der Waals surface area contributed by atoms with Gasteiger partial charge in [-0.3, -0.25) is 24.0 Å². The maximum atomic E-state index is 13.6. The topological polar surface area (TPSA) is 408 Å². The number of halogens is 3. The number of nitrogens with two attached hydrogens (primary N) is 3. The van der Waals surface area contributed by atoms with E-state index in [1.165, 1.54) is 39.4 Å². The standard InChI is InChI=1S/C32H47N3O8.C32H45N3O8.C7H12ClNO.C7H13NO2.2ClH/c2*1-8-12-34-28-23-13-18(2)14-27(42-7)29(37)21(5)15-20(4)26(43-32(33)40)16-22(41-6)11-9-10-19(3)31(39)35-24(30(23)38)17-25(28)36;1-9-4-2-6(3-5-9)7(8)10;1-8-4-2-6(3-5-8)7(9)10;;/h8-11,15,17-18,21-22,26-27,29,34,36-38H,1,12-14,16H2,2-7H3,(H2,33,40)(H,35,39);8-11,15,17-18,21-22,26-27,29,34,37H,1,12-14,16H2,2-7H3,(H2,33,40)(H,35,39);6H,2-5H2,1H3;6H,2-5H2,1H3,(H,9,10);2*1H/b2*11-9-,19-10+,20-15+;;;;/t2*18-,21+,22+,26-,27+,29-;;;;/m11..../s1. The van der Waals surface area contributed by atoms with Gasteiger partial charge >= 0.3 is 12.2 Å². The number of anilines is 1. The van der Waals surface area contributed by atoms with Crippen LogP contribution in [-0.2, 0) is 63.6 Å². The number of ether oxygens (including phenoxy) is 6. The lowest BCUT2D eigenvalue weighted by atomic mass is 9.85. The minimum absolute atomic E-state index is 0. The number of rotatable bonds is 14. The maximum absolute atomic E-state index is 13.6. The Morgan fingerprint density at radius 2 is 1.20 bits per heavy atom. The fourth-order valence-corrected chi connectivity index (χ4v) is 13.0. The number of phenols is 2. The predicted octanol–water partition coefficient (Wildman–Crippen LogP) is 2.44. The molecule has 0 aromatic heterocycles. The van der Waals surface area contributed by atoms with Crippen molar-refractivity contribution in [3.63, 3.8) is 0 Å². The normalized spacial score (nSPS) is 29.4. The van der Waals surface area contributed by atoms with Crippen molar-refractivity contribution in [1.82, 2.24) is 15.5 Å². The quantitative estimate of drug-likeness (QED) is 0.0318. The number of quaternary nitrogens is 2. The van der Waals surface area contributed by atoms with Gasteiger partial charge in [0.2, 0.25) is 16.8 Å². The number of aliphatic hydroxyl groups excluding tert-OH is 2. The van der Waals surface area contributed by atoms with Crippen LogP contribution in [0.15, 0.2) is 125 Å². The van der Waals surface area contributed by atoms with Gasteiger partial charge in [0.05, 0.1) is 86.0 Å². The summed E-state index contributed by atoms with van der Waals surface area (Å²) in [5.74, 6) is -4.20. The molecule has 1 aliphatic carbocycles.